The zero-order chi connectivity index (χ0) is 15.9. The first-order valence-corrected chi connectivity index (χ1v) is 9.80. The monoisotopic (exact) mass is 418 g/mol. The number of benzene rings is 3. The maximum atomic E-state index is 11.8. The minimum atomic E-state index is -1.09. The predicted octanol–water partition coefficient (Wildman–Crippen LogP) is 1.95. The molecule has 0 aromatic heterocycles. The molecule has 0 atom stereocenters. The van der Waals surface area contributed by atoms with Gasteiger partial charge in [-0.3, -0.25) is 0 Å². The first-order chi connectivity index (χ1) is 11.2. The summed E-state index contributed by atoms with van der Waals surface area (Å²) in [5.41, 5.74) is 1.82. The molecule has 0 spiro atoms. The van der Waals surface area contributed by atoms with Gasteiger partial charge in [-0.15, -0.1) is 0 Å². The summed E-state index contributed by atoms with van der Waals surface area (Å²) in [5, 5.41) is 11.8. The quantitative estimate of drug-likeness (QED) is 0.648. The molecule has 0 bridgehead atoms. The molecule has 1 aliphatic rings. The number of ether oxygens (including phenoxy) is 1. The average Bonchev–Trinajstić information content (AvgIpc) is 2.62. The van der Waals surface area contributed by atoms with Crippen molar-refractivity contribution in [2.45, 2.75) is 5.60 Å². The molecule has 0 unspecified atom stereocenters. The van der Waals surface area contributed by atoms with E-state index in [9.17, 15) is 5.11 Å². The Labute approximate surface area is 145 Å². The van der Waals surface area contributed by atoms with Crippen molar-refractivity contribution in [2.24, 2.45) is 0 Å². The third-order valence-electron chi connectivity index (χ3n) is 4.28. The fourth-order valence-corrected chi connectivity index (χ4v) is 6.49. The molecule has 0 aliphatic carbocycles. The first-order valence-electron chi connectivity index (χ1n) is 7.47. The Morgan fingerprint density at radius 3 is 1.83 bits per heavy atom. The predicted molar refractivity (Wildman–Crippen MR) is 93.0 cm³/mol. The summed E-state index contributed by atoms with van der Waals surface area (Å²) in [5.74, 6) is 0.795. The van der Waals surface area contributed by atoms with Gasteiger partial charge in [-0.25, -0.2) is 0 Å². The zero-order valence-corrected chi connectivity index (χ0v) is 15.0. The molecule has 1 heterocycles. The Hall–Kier alpha value is -1.79. The van der Waals surface area contributed by atoms with Crippen LogP contribution in [0, 0.1) is 0 Å². The standard InChI is InChI=1S/C20H16O2Te/c1-22-15-12-10-14(11-13-15)20(21)16-6-2-4-8-18(16)23-19-9-5-3-7-17(19)20/h2-13,21H,1H3. The third kappa shape index (κ3) is 2.28. The van der Waals surface area contributed by atoms with Crippen LogP contribution in [0.3, 0.4) is 0 Å². The van der Waals surface area contributed by atoms with Crippen LogP contribution in [-0.2, 0) is 5.60 Å². The molecule has 3 heteroatoms. The van der Waals surface area contributed by atoms with E-state index in [0.717, 1.165) is 22.4 Å². The van der Waals surface area contributed by atoms with Crippen LogP contribution < -0.4 is 12.0 Å². The van der Waals surface area contributed by atoms with E-state index >= 15 is 0 Å². The first kappa shape index (κ1) is 14.8. The second kappa shape index (κ2) is 5.69. The number of hydrogen-bond acceptors (Lipinski definition) is 2. The summed E-state index contributed by atoms with van der Waals surface area (Å²) < 4.78 is 7.85. The normalized spacial score (nSPS) is 14.7. The van der Waals surface area contributed by atoms with Crippen LogP contribution >= 0.6 is 0 Å². The molecule has 3 aromatic rings. The number of methoxy groups -OCH3 is 1. The van der Waals surface area contributed by atoms with Crippen LogP contribution in [0.25, 0.3) is 0 Å². The Balaban J connectivity index is 1.98. The van der Waals surface area contributed by atoms with Crippen molar-refractivity contribution < 1.29 is 9.84 Å². The van der Waals surface area contributed by atoms with Crippen LogP contribution in [0.5, 0.6) is 5.75 Å². The second-order valence-corrected chi connectivity index (χ2v) is 8.63. The second-order valence-electron chi connectivity index (χ2n) is 5.53. The molecule has 0 saturated carbocycles. The van der Waals surface area contributed by atoms with Crippen LogP contribution in [-0.4, -0.2) is 33.1 Å². The van der Waals surface area contributed by atoms with E-state index in [0.29, 0.717) is 0 Å². The molecule has 0 amide bonds. The van der Waals surface area contributed by atoms with Crippen molar-refractivity contribution in [2.75, 3.05) is 7.11 Å². The van der Waals surface area contributed by atoms with Gasteiger partial charge in [0.15, 0.2) is 0 Å². The zero-order valence-electron chi connectivity index (χ0n) is 12.7. The maximum absolute atomic E-state index is 11.8. The van der Waals surface area contributed by atoms with Gasteiger partial charge < -0.3 is 0 Å². The van der Waals surface area contributed by atoms with Crippen molar-refractivity contribution >= 4 is 28.1 Å². The van der Waals surface area contributed by atoms with Gasteiger partial charge in [-0.05, 0) is 0 Å². The van der Waals surface area contributed by atoms with Gasteiger partial charge in [0.25, 0.3) is 0 Å². The van der Waals surface area contributed by atoms with Gasteiger partial charge in [-0.2, -0.15) is 0 Å². The van der Waals surface area contributed by atoms with Gasteiger partial charge in [-0.1, -0.05) is 0 Å². The summed E-state index contributed by atoms with van der Waals surface area (Å²) in [6.45, 7) is 0. The summed E-state index contributed by atoms with van der Waals surface area (Å²) >= 11 is -0.475. The van der Waals surface area contributed by atoms with Crippen LogP contribution in [0.4, 0.5) is 0 Å². The van der Waals surface area contributed by atoms with Crippen molar-refractivity contribution in [1.29, 1.82) is 0 Å². The molecule has 3 aromatic carbocycles. The molecule has 114 valence electrons. The van der Waals surface area contributed by atoms with Gasteiger partial charge >= 0.3 is 146 Å². The van der Waals surface area contributed by atoms with Gasteiger partial charge in [0.1, 0.15) is 0 Å². The molecule has 2 nitrogen and oxygen atoms in total. The Kier molecular flexibility index (Phi) is 3.66. The van der Waals surface area contributed by atoms with E-state index in [4.69, 9.17) is 4.74 Å². The summed E-state index contributed by atoms with van der Waals surface area (Å²) in [6.07, 6.45) is 0. The van der Waals surface area contributed by atoms with Crippen molar-refractivity contribution in [3.05, 3.63) is 89.5 Å². The van der Waals surface area contributed by atoms with E-state index in [1.54, 1.807) is 7.11 Å². The van der Waals surface area contributed by atoms with E-state index < -0.39 is 26.5 Å². The molecule has 0 fully saturated rings. The fraction of sp³-hybridized carbons (Fsp3) is 0.100. The molecule has 4 rings (SSSR count). The van der Waals surface area contributed by atoms with Crippen LogP contribution in [0.15, 0.2) is 72.8 Å². The Bertz CT molecular complexity index is 810. The molecule has 1 N–H and O–H groups in total. The van der Waals surface area contributed by atoms with Crippen molar-refractivity contribution in [1.82, 2.24) is 0 Å². The van der Waals surface area contributed by atoms with Gasteiger partial charge in [0.05, 0.1) is 0 Å². The molecular weight excluding hydrogens is 400 g/mol. The summed E-state index contributed by atoms with van der Waals surface area (Å²) in [4.78, 5) is 0. The van der Waals surface area contributed by atoms with Gasteiger partial charge in [0.2, 0.25) is 0 Å². The van der Waals surface area contributed by atoms with E-state index in [-0.39, 0.29) is 0 Å². The molecule has 23 heavy (non-hydrogen) atoms. The Morgan fingerprint density at radius 1 is 0.783 bits per heavy atom. The molecule has 1 aliphatic heterocycles. The van der Waals surface area contributed by atoms with E-state index in [2.05, 4.69) is 36.4 Å². The topological polar surface area (TPSA) is 29.5 Å². The minimum absolute atomic E-state index is 0.475. The SMILES string of the molecule is COc1ccc(C2(O)c3ccccc3[Te]c3ccccc32)cc1. The summed E-state index contributed by atoms with van der Waals surface area (Å²) in [7, 11) is 1.65. The number of fused-ring (bicyclic) bond motifs is 2. The van der Waals surface area contributed by atoms with E-state index in [1.807, 2.05) is 36.4 Å². The molecule has 0 saturated heterocycles. The van der Waals surface area contributed by atoms with E-state index in [1.165, 1.54) is 7.22 Å². The van der Waals surface area contributed by atoms with Crippen LogP contribution in [0.1, 0.15) is 16.7 Å². The Morgan fingerprint density at radius 2 is 1.30 bits per heavy atom. The third-order valence-corrected chi connectivity index (χ3v) is 7.57. The number of aliphatic hydroxyl groups is 1. The number of rotatable bonds is 2. The van der Waals surface area contributed by atoms with Crippen LogP contribution in [0.2, 0.25) is 0 Å². The number of hydrogen-bond donors (Lipinski definition) is 1. The molecular formula is C20H16O2Te. The fourth-order valence-electron chi connectivity index (χ4n) is 3.12. The molecule has 0 radical (unpaired) electrons. The van der Waals surface area contributed by atoms with Crippen molar-refractivity contribution in [3.63, 3.8) is 0 Å². The average molecular weight is 416 g/mol. The summed E-state index contributed by atoms with van der Waals surface area (Å²) in [6, 6.07) is 24.3. The van der Waals surface area contributed by atoms with Crippen molar-refractivity contribution in [3.8, 4) is 5.75 Å². The van der Waals surface area contributed by atoms with Gasteiger partial charge in [0, 0.05) is 0 Å².